The first kappa shape index (κ1) is 4.37. The van der Waals surface area contributed by atoms with E-state index in [1.165, 1.54) is 0 Å². The van der Waals surface area contributed by atoms with E-state index >= 15 is 0 Å². The van der Waals surface area contributed by atoms with Gasteiger partial charge in [0.15, 0.2) is 0 Å². The Morgan fingerprint density at radius 3 is 2.71 bits per heavy atom. The van der Waals surface area contributed by atoms with Crippen molar-refractivity contribution in [1.82, 2.24) is 5.32 Å². The second kappa shape index (κ2) is 1.37. The molecule has 0 aromatic carbocycles. The SMILES string of the molecule is C=C[C@@H]1CC(=O)N1. The minimum absolute atomic E-state index is 0.130. The molecule has 0 saturated carbocycles. The van der Waals surface area contributed by atoms with Crippen molar-refractivity contribution in [3.8, 4) is 0 Å². The van der Waals surface area contributed by atoms with Gasteiger partial charge in [0.25, 0.3) is 0 Å². The van der Waals surface area contributed by atoms with Crippen LogP contribution >= 0.6 is 0 Å². The van der Waals surface area contributed by atoms with Gasteiger partial charge in [0.2, 0.25) is 5.91 Å². The highest BCUT2D eigenvalue weighted by atomic mass is 16.2. The highest BCUT2D eigenvalue weighted by molar-refractivity contribution is 5.83. The average molecular weight is 97.1 g/mol. The first-order chi connectivity index (χ1) is 3.33. The van der Waals surface area contributed by atoms with Gasteiger partial charge in [-0.15, -0.1) is 6.58 Å². The number of amides is 1. The molecule has 0 spiro atoms. The minimum Gasteiger partial charge on any atom is -0.349 e. The van der Waals surface area contributed by atoms with Crippen LogP contribution in [0.25, 0.3) is 0 Å². The molecule has 1 heterocycles. The van der Waals surface area contributed by atoms with E-state index in [4.69, 9.17) is 0 Å². The van der Waals surface area contributed by atoms with Crippen LogP contribution in [0.15, 0.2) is 12.7 Å². The van der Waals surface area contributed by atoms with Gasteiger partial charge in [-0.3, -0.25) is 4.79 Å². The summed E-state index contributed by atoms with van der Waals surface area (Å²) in [6.07, 6.45) is 2.37. The lowest BCUT2D eigenvalue weighted by Gasteiger charge is -2.22. The maximum atomic E-state index is 10.1. The Balaban J connectivity index is 2.29. The number of carbonyl (C=O) groups is 1. The summed E-state index contributed by atoms with van der Waals surface area (Å²) in [5, 5.41) is 2.64. The van der Waals surface area contributed by atoms with Gasteiger partial charge in [0, 0.05) is 0 Å². The van der Waals surface area contributed by atoms with Crippen molar-refractivity contribution in [2.45, 2.75) is 12.5 Å². The van der Waals surface area contributed by atoms with E-state index in [9.17, 15) is 4.79 Å². The second-order valence-corrected chi connectivity index (χ2v) is 1.61. The second-order valence-electron chi connectivity index (χ2n) is 1.61. The molecular formula is C5H7NO. The minimum atomic E-state index is 0.130. The fourth-order valence-electron chi connectivity index (χ4n) is 0.528. The quantitative estimate of drug-likeness (QED) is 0.364. The molecule has 1 aliphatic heterocycles. The summed E-state index contributed by atoms with van der Waals surface area (Å²) in [6, 6.07) is 0.257. The molecule has 1 saturated heterocycles. The number of hydrogen-bond donors (Lipinski definition) is 1. The molecule has 0 unspecified atom stereocenters. The van der Waals surface area contributed by atoms with Crippen molar-refractivity contribution in [3.05, 3.63) is 12.7 Å². The van der Waals surface area contributed by atoms with E-state index in [1.807, 2.05) is 0 Å². The van der Waals surface area contributed by atoms with E-state index in [0.717, 1.165) is 0 Å². The topological polar surface area (TPSA) is 29.1 Å². The van der Waals surface area contributed by atoms with Gasteiger partial charge in [-0.2, -0.15) is 0 Å². The fourth-order valence-corrected chi connectivity index (χ4v) is 0.528. The van der Waals surface area contributed by atoms with E-state index in [2.05, 4.69) is 11.9 Å². The lowest BCUT2D eigenvalue weighted by atomic mass is 10.1. The van der Waals surface area contributed by atoms with Crippen molar-refractivity contribution in [2.24, 2.45) is 0 Å². The van der Waals surface area contributed by atoms with Crippen LogP contribution in [-0.4, -0.2) is 11.9 Å². The van der Waals surface area contributed by atoms with Gasteiger partial charge in [-0.1, -0.05) is 6.08 Å². The molecule has 2 heteroatoms. The fraction of sp³-hybridized carbons (Fsp3) is 0.400. The number of hydrogen-bond acceptors (Lipinski definition) is 1. The number of carbonyl (C=O) groups excluding carboxylic acids is 1. The third-order valence-corrected chi connectivity index (χ3v) is 1.04. The average Bonchev–Trinajstić information content (AvgIpc) is 1.58. The van der Waals surface area contributed by atoms with Crippen molar-refractivity contribution in [1.29, 1.82) is 0 Å². The summed E-state index contributed by atoms with van der Waals surface area (Å²) in [4.78, 5) is 10.1. The Bertz CT molecular complexity index is 101. The summed E-state index contributed by atoms with van der Waals surface area (Å²) < 4.78 is 0. The summed E-state index contributed by atoms with van der Waals surface area (Å²) in [5.74, 6) is 0.130. The number of nitrogens with one attached hydrogen (secondary N) is 1. The maximum absolute atomic E-state index is 10.1. The van der Waals surface area contributed by atoms with Crippen LogP contribution in [0.3, 0.4) is 0 Å². The molecule has 1 aliphatic rings. The van der Waals surface area contributed by atoms with Gasteiger partial charge in [-0.25, -0.2) is 0 Å². The zero-order valence-electron chi connectivity index (χ0n) is 3.98. The van der Waals surface area contributed by atoms with E-state index in [0.29, 0.717) is 6.42 Å². The lowest BCUT2D eigenvalue weighted by molar-refractivity contribution is -0.127. The van der Waals surface area contributed by atoms with Crippen molar-refractivity contribution < 1.29 is 4.79 Å². The predicted molar refractivity (Wildman–Crippen MR) is 26.7 cm³/mol. The van der Waals surface area contributed by atoms with Gasteiger partial charge in [0.05, 0.1) is 12.5 Å². The number of rotatable bonds is 1. The van der Waals surface area contributed by atoms with Gasteiger partial charge < -0.3 is 5.32 Å². The molecular weight excluding hydrogens is 90.1 g/mol. The molecule has 38 valence electrons. The van der Waals surface area contributed by atoms with Gasteiger partial charge >= 0.3 is 0 Å². The Hall–Kier alpha value is -0.790. The highest BCUT2D eigenvalue weighted by Crippen LogP contribution is 2.02. The summed E-state index contributed by atoms with van der Waals surface area (Å²) in [5.41, 5.74) is 0. The lowest BCUT2D eigenvalue weighted by Crippen LogP contribution is -2.46. The van der Waals surface area contributed by atoms with Crippen LogP contribution in [0.1, 0.15) is 6.42 Å². The zero-order chi connectivity index (χ0) is 5.28. The first-order valence-corrected chi connectivity index (χ1v) is 2.25. The Morgan fingerprint density at radius 1 is 2.00 bits per heavy atom. The monoisotopic (exact) mass is 97.1 g/mol. The molecule has 1 amide bonds. The van der Waals surface area contributed by atoms with E-state index < -0.39 is 0 Å². The standard InChI is InChI=1S/C5H7NO/c1-2-4-3-5(7)6-4/h2,4H,1,3H2,(H,6,7)/t4-/m1/s1. The molecule has 2 nitrogen and oxygen atoms in total. The zero-order valence-corrected chi connectivity index (χ0v) is 3.98. The predicted octanol–water partition coefficient (Wildman–Crippen LogP) is 0.0609. The smallest absolute Gasteiger partial charge is 0.222 e. The highest BCUT2D eigenvalue weighted by Gasteiger charge is 2.20. The molecule has 7 heavy (non-hydrogen) atoms. The number of β-lactam (4-membered cyclic amide) rings is 1. The summed E-state index contributed by atoms with van der Waals surface area (Å²) >= 11 is 0. The third-order valence-electron chi connectivity index (χ3n) is 1.04. The van der Waals surface area contributed by atoms with Crippen LogP contribution in [0, 0.1) is 0 Å². The summed E-state index contributed by atoms with van der Waals surface area (Å²) in [6.45, 7) is 3.50. The largest absolute Gasteiger partial charge is 0.349 e. The molecule has 1 atom stereocenters. The Morgan fingerprint density at radius 2 is 2.57 bits per heavy atom. The molecule has 0 aromatic heterocycles. The van der Waals surface area contributed by atoms with Crippen LogP contribution < -0.4 is 5.32 Å². The normalized spacial score (nSPS) is 28.0. The van der Waals surface area contributed by atoms with Crippen LogP contribution in [0.5, 0.6) is 0 Å². The van der Waals surface area contributed by atoms with Gasteiger partial charge in [0.1, 0.15) is 0 Å². The first-order valence-electron chi connectivity index (χ1n) is 2.25. The Kier molecular flexibility index (Phi) is 0.855. The maximum Gasteiger partial charge on any atom is 0.222 e. The Labute approximate surface area is 42.2 Å². The van der Waals surface area contributed by atoms with Crippen molar-refractivity contribution in [3.63, 3.8) is 0 Å². The molecule has 1 rings (SSSR count). The van der Waals surface area contributed by atoms with Gasteiger partial charge in [-0.05, 0) is 0 Å². The molecule has 0 bridgehead atoms. The molecule has 0 aromatic rings. The summed E-state index contributed by atoms with van der Waals surface area (Å²) in [7, 11) is 0. The molecule has 1 N–H and O–H groups in total. The van der Waals surface area contributed by atoms with Crippen molar-refractivity contribution in [2.75, 3.05) is 0 Å². The van der Waals surface area contributed by atoms with Crippen molar-refractivity contribution >= 4 is 5.91 Å². The molecule has 0 radical (unpaired) electrons. The van der Waals surface area contributed by atoms with Crippen LogP contribution in [0.2, 0.25) is 0 Å². The molecule has 0 aliphatic carbocycles. The van der Waals surface area contributed by atoms with Crippen LogP contribution in [0.4, 0.5) is 0 Å². The molecule has 1 fully saturated rings. The van der Waals surface area contributed by atoms with Crippen LogP contribution in [-0.2, 0) is 4.79 Å². The van der Waals surface area contributed by atoms with E-state index in [-0.39, 0.29) is 11.9 Å². The third kappa shape index (κ3) is 0.633. The van der Waals surface area contributed by atoms with E-state index in [1.54, 1.807) is 6.08 Å².